The van der Waals surface area contributed by atoms with Crippen molar-refractivity contribution < 1.29 is 0 Å². The number of nitrogen functional groups attached to an aromatic ring is 1. The van der Waals surface area contributed by atoms with Gasteiger partial charge in [0.2, 0.25) is 0 Å². The Hall–Kier alpha value is -1.78. The highest BCUT2D eigenvalue weighted by molar-refractivity contribution is 5.70. The van der Waals surface area contributed by atoms with E-state index in [2.05, 4.69) is 30.9 Å². The van der Waals surface area contributed by atoms with Crippen LogP contribution in [-0.2, 0) is 13.6 Å². The predicted molar refractivity (Wildman–Crippen MR) is 73.2 cm³/mol. The molecular weight excluding hydrogens is 226 g/mol. The molecule has 0 unspecified atom stereocenters. The Kier molecular flexibility index (Phi) is 3.41. The largest absolute Gasteiger partial charge is 0.383 e. The summed E-state index contributed by atoms with van der Waals surface area (Å²) in [6.07, 6.45) is 4.90. The Bertz CT molecular complexity index is 536. The summed E-state index contributed by atoms with van der Waals surface area (Å²) in [6, 6.07) is 0. The van der Waals surface area contributed by atoms with Crippen LogP contribution in [0.1, 0.15) is 38.9 Å². The molecule has 0 radical (unpaired) electrons. The van der Waals surface area contributed by atoms with Crippen molar-refractivity contribution in [2.24, 2.45) is 7.05 Å². The molecule has 0 aliphatic carbocycles. The van der Waals surface area contributed by atoms with Crippen molar-refractivity contribution in [1.82, 2.24) is 19.3 Å². The second-order valence-electron chi connectivity index (χ2n) is 4.91. The van der Waals surface area contributed by atoms with Gasteiger partial charge in [-0.05, 0) is 6.42 Å². The van der Waals surface area contributed by atoms with E-state index >= 15 is 0 Å². The number of aromatic nitrogens is 4. The molecule has 0 atom stereocenters. The van der Waals surface area contributed by atoms with Crippen LogP contribution < -0.4 is 5.73 Å². The minimum Gasteiger partial charge on any atom is -0.383 e. The second kappa shape index (κ2) is 4.84. The molecule has 0 amide bonds. The summed E-state index contributed by atoms with van der Waals surface area (Å²) in [5, 5.41) is 4.32. The lowest BCUT2D eigenvalue weighted by atomic mass is 10.2. The maximum atomic E-state index is 6.12. The fourth-order valence-electron chi connectivity index (χ4n) is 2.10. The van der Waals surface area contributed by atoms with E-state index in [1.54, 1.807) is 0 Å². The number of imidazole rings is 1. The number of hydrogen-bond acceptors (Lipinski definition) is 3. The smallest absolute Gasteiger partial charge is 0.131 e. The van der Waals surface area contributed by atoms with E-state index in [1.807, 2.05) is 28.7 Å². The highest BCUT2D eigenvalue weighted by Crippen LogP contribution is 2.27. The lowest BCUT2D eigenvalue weighted by Crippen LogP contribution is -2.02. The van der Waals surface area contributed by atoms with E-state index in [0.717, 1.165) is 30.0 Å². The monoisotopic (exact) mass is 247 g/mol. The van der Waals surface area contributed by atoms with Gasteiger partial charge in [0.1, 0.15) is 17.3 Å². The van der Waals surface area contributed by atoms with E-state index in [1.165, 1.54) is 0 Å². The van der Waals surface area contributed by atoms with E-state index in [4.69, 9.17) is 5.73 Å². The summed E-state index contributed by atoms with van der Waals surface area (Å²) in [4.78, 5) is 4.64. The summed E-state index contributed by atoms with van der Waals surface area (Å²) in [5.41, 5.74) is 7.95. The molecule has 2 N–H and O–H groups in total. The summed E-state index contributed by atoms with van der Waals surface area (Å²) in [5.74, 6) is 2.07. The number of aryl methyl sites for hydroxylation is 1. The minimum atomic E-state index is 0.358. The SMILES string of the molecule is CCCn1cc(-c2nc(C(C)C)n(C)c2N)cn1. The zero-order valence-electron chi connectivity index (χ0n) is 11.5. The number of hydrogen-bond donors (Lipinski definition) is 1. The Morgan fingerprint density at radius 3 is 2.67 bits per heavy atom. The fourth-order valence-corrected chi connectivity index (χ4v) is 2.10. The molecule has 2 rings (SSSR count). The molecule has 5 heteroatoms. The van der Waals surface area contributed by atoms with Crippen molar-refractivity contribution in [3.05, 3.63) is 18.2 Å². The van der Waals surface area contributed by atoms with E-state index in [9.17, 15) is 0 Å². The second-order valence-corrected chi connectivity index (χ2v) is 4.91. The fraction of sp³-hybridized carbons (Fsp3) is 0.538. The molecule has 2 aromatic heterocycles. The minimum absolute atomic E-state index is 0.358. The molecule has 0 saturated carbocycles. The van der Waals surface area contributed by atoms with Crippen molar-refractivity contribution in [2.45, 2.75) is 39.7 Å². The maximum Gasteiger partial charge on any atom is 0.131 e. The van der Waals surface area contributed by atoms with Gasteiger partial charge in [-0.1, -0.05) is 20.8 Å². The molecular formula is C13H21N5. The van der Waals surface area contributed by atoms with E-state index < -0.39 is 0 Å². The number of rotatable bonds is 4. The summed E-state index contributed by atoms with van der Waals surface area (Å²) >= 11 is 0. The molecule has 0 fully saturated rings. The Balaban J connectivity index is 2.40. The maximum absolute atomic E-state index is 6.12. The molecule has 2 heterocycles. The Morgan fingerprint density at radius 2 is 2.11 bits per heavy atom. The summed E-state index contributed by atoms with van der Waals surface area (Å²) in [7, 11) is 1.96. The number of nitrogens with zero attached hydrogens (tertiary/aromatic N) is 4. The third-order valence-electron chi connectivity index (χ3n) is 3.05. The molecule has 0 aliphatic rings. The van der Waals surface area contributed by atoms with Crippen molar-refractivity contribution in [1.29, 1.82) is 0 Å². The summed E-state index contributed by atoms with van der Waals surface area (Å²) in [6.45, 7) is 7.29. The van der Waals surface area contributed by atoms with Gasteiger partial charge in [0.15, 0.2) is 0 Å². The number of anilines is 1. The molecule has 0 aliphatic heterocycles. The normalized spacial score (nSPS) is 11.4. The van der Waals surface area contributed by atoms with Gasteiger partial charge < -0.3 is 10.3 Å². The van der Waals surface area contributed by atoms with E-state index in [0.29, 0.717) is 11.7 Å². The highest BCUT2D eigenvalue weighted by Gasteiger charge is 2.16. The van der Waals surface area contributed by atoms with Crippen LogP contribution in [0.3, 0.4) is 0 Å². The standard InChI is InChI=1S/C13H21N5/c1-5-6-18-8-10(7-15-18)11-12(14)17(4)13(16-11)9(2)3/h7-9H,5-6,14H2,1-4H3. The van der Waals surface area contributed by atoms with Crippen molar-refractivity contribution in [3.8, 4) is 11.3 Å². The Labute approximate surface area is 108 Å². The van der Waals surface area contributed by atoms with Crippen LogP contribution in [0, 0.1) is 0 Å². The quantitative estimate of drug-likeness (QED) is 0.902. The molecule has 18 heavy (non-hydrogen) atoms. The van der Waals surface area contributed by atoms with Gasteiger partial charge >= 0.3 is 0 Å². The van der Waals surface area contributed by atoms with Crippen LogP contribution in [0.25, 0.3) is 11.3 Å². The van der Waals surface area contributed by atoms with Gasteiger partial charge in [-0.3, -0.25) is 4.68 Å². The first-order chi connectivity index (χ1) is 8.54. The first kappa shape index (κ1) is 12.7. The van der Waals surface area contributed by atoms with Crippen LogP contribution in [0.4, 0.5) is 5.82 Å². The van der Waals surface area contributed by atoms with Crippen molar-refractivity contribution >= 4 is 5.82 Å². The molecule has 0 aromatic carbocycles. The van der Waals surface area contributed by atoms with Crippen LogP contribution in [0.5, 0.6) is 0 Å². The van der Waals surface area contributed by atoms with Gasteiger partial charge in [-0.15, -0.1) is 0 Å². The van der Waals surface area contributed by atoms with Gasteiger partial charge in [0.05, 0.1) is 6.20 Å². The van der Waals surface area contributed by atoms with Crippen LogP contribution in [0.2, 0.25) is 0 Å². The topological polar surface area (TPSA) is 61.7 Å². The number of nitrogens with two attached hydrogens (primary N) is 1. The lowest BCUT2D eigenvalue weighted by Gasteiger charge is -2.04. The van der Waals surface area contributed by atoms with E-state index in [-0.39, 0.29) is 0 Å². The van der Waals surface area contributed by atoms with Gasteiger partial charge in [0, 0.05) is 31.3 Å². The van der Waals surface area contributed by atoms with Crippen molar-refractivity contribution in [3.63, 3.8) is 0 Å². The van der Waals surface area contributed by atoms with Crippen molar-refractivity contribution in [2.75, 3.05) is 5.73 Å². The third kappa shape index (κ3) is 2.12. The molecule has 0 spiro atoms. The average molecular weight is 247 g/mol. The van der Waals surface area contributed by atoms with Crippen LogP contribution >= 0.6 is 0 Å². The first-order valence-electron chi connectivity index (χ1n) is 6.39. The predicted octanol–water partition coefficient (Wildman–Crippen LogP) is 2.40. The average Bonchev–Trinajstić information content (AvgIpc) is 2.87. The molecule has 0 saturated heterocycles. The molecule has 0 bridgehead atoms. The summed E-state index contributed by atoms with van der Waals surface area (Å²) < 4.78 is 3.88. The zero-order chi connectivity index (χ0) is 13.3. The third-order valence-corrected chi connectivity index (χ3v) is 3.05. The lowest BCUT2D eigenvalue weighted by molar-refractivity contribution is 0.603. The molecule has 5 nitrogen and oxygen atoms in total. The first-order valence-corrected chi connectivity index (χ1v) is 6.39. The van der Waals surface area contributed by atoms with Gasteiger partial charge in [-0.25, -0.2) is 4.98 Å². The van der Waals surface area contributed by atoms with Crippen LogP contribution in [0.15, 0.2) is 12.4 Å². The van der Waals surface area contributed by atoms with Gasteiger partial charge in [0.25, 0.3) is 0 Å². The molecule has 2 aromatic rings. The van der Waals surface area contributed by atoms with Crippen LogP contribution in [-0.4, -0.2) is 19.3 Å². The Morgan fingerprint density at radius 1 is 1.39 bits per heavy atom. The highest BCUT2D eigenvalue weighted by atomic mass is 15.3. The zero-order valence-corrected chi connectivity index (χ0v) is 11.5. The molecule has 98 valence electrons. The van der Waals surface area contributed by atoms with Gasteiger partial charge in [-0.2, -0.15) is 5.10 Å².